The normalized spacial score (nSPS) is 10.5. The van der Waals surface area contributed by atoms with E-state index in [1.54, 1.807) is 24.3 Å². The van der Waals surface area contributed by atoms with Crippen molar-refractivity contribution in [2.75, 3.05) is 5.32 Å². The lowest BCUT2D eigenvalue weighted by Gasteiger charge is -2.13. The minimum Gasteiger partial charge on any atom is -0.350 e. The zero-order valence-electron chi connectivity index (χ0n) is 14.6. The zero-order valence-corrected chi connectivity index (χ0v) is 14.6. The highest BCUT2D eigenvalue weighted by atomic mass is 16.2. The minimum atomic E-state index is -0.188. The van der Waals surface area contributed by atoms with E-state index < -0.39 is 0 Å². The first-order valence-electron chi connectivity index (χ1n) is 8.12. The van der Waals surface area contributed by atoms with Crippen LogP contribution >= 0.6 is 0 Å². The van der Waals surface area contributed by atoms with Crippen molar-refractivity contribution in [3.63, 3.8) is 0 Å². The van der Waals surface area contributed by atoms with Crippen molar-refractivity contribution in [3.05, 3.63) is 64.7 Å². The molecular formula is C20H24N2O2. The molecule has 0 aliphatic carbocycles. The summed E-state index contributed by atoms with van der Waals surface area (Å²) in [5, 5.41) is 5.69. The Morgan fingerprint density at radius 3 is 2.38 bits per heavy atom. The highest BCUT2D eigenvalue weighted by molar-refractivity contribution is 6.04. The number of carbonyl (C=O) groups excluding carboxylic acids is 2. The Labute approximate surface area is 143 Å². The Bertz CT molecular complexity index is 751. The Balaban J connectivity index is 2.11. The summed E-state index contributed by atoms with van der Waals surface area (Å²) in [6.45, 7) is 7.88. The van der Waals surface area contributed by atoms with Gasteiger partial charge in [0, 0.05) is 6.04 Å². The third-order valence-electron chi connectivity index (χ3n) is 3.80. The maximum atomic E-state index is 12.3. The van der Waals surface area contributed by atoms with Gasteiger partial charge in [-0.1, -0.05) is 30.3 Å². The summed E-state index contributed by atoms with van der Waals surface area (Å²) in [7, 11) is 0. The van der Waals surface area contributed by atoms with Crippen LogP contribution in [0.25, 0.3) is 0 Å². The van der Waals surface area contributed by atoms with Crippen LogP contribution in [0.5, 0.6) is 0 Å². The number of rotatable bonds is 5. The molecular weight excluding hydrogens is 300 g/mol. The molecule has 2 amide bonds. The van der Waals surface area contributed by atoms with Crippen molar-refractivity contribution in [2.45, 2.75) is 40.2 Å². The fourth-order valence-corrected chi connectivity index (χ4v) is 2.42. The lowest BCUT2D eigenvalue weighted by molar-refractivity contribution is -0.115. The van der Waals surface area contributed by atoms with Crippen LogP contribution in [0.3, 0.4) is 0 Å². The maximum absolute atomic E-state index is 12.3. The number of anilines is 1. The summed E-state index contributed by atoms with van der Waals surface area (Å²) in [5.74, 6) is -0.324. The number of carbonyl (C=O) groups is 2. The van der Waals surface area contributed by atoms with Gasteiger partial charge in [0.25, 0.3) is 5.91 Å². The van der Waals surface area contributed by atoms with Gasteiger partial charge in [-0.15, -0.1) is 0 Å². The summed E-state index contributed by atoms with van der Waals surface area (Å²) in [4.78, 5) is 24.6. The maximum Gasteiger partial charge on any atom is 0.253 e. The standard InChI is InChI=1S/C20H24N2O2/c1-13(2)21-20(24)17-7-5-6-8-18(17)22-19(23)12-16-10-9-14(3)15(4)11-16/h5-11,13H,12H2,1-4H3,(H,21,24)(H,22,23). The molecule has 2 rings (SSSR count). The monoisotopic (exact) mass is 324 g/mol. The van der Waals surface area contributed by atoms with E-state index in [1.165, 1.54) is 5.56 Å². The first kappa shape index (κ1) is 17.7. The molecule has 0 bridgehead atoms. The first-order valence-corrected chi connectivity index (χ1v) is 8.12. The van der Waals surface area contributed by atoms with E-state index in [2.05, 4.69) is 10.6 Å². The predicted octanol–water partition coefficient (Wildman–Crippen LogP) is 3.62. The van der Waals surface area contributed by atoms with Crippen LogP contribution in [0.15, 0.2) is 42.5 Å². The van der Waals surface area contributed by atoms with Gasteiger partial charge in [-0.25, -0.2) is 0 Å². The SMILES string of the molecule is Cc1ccc(CC(=O)Nc2ccccc2C(=O)NC(C)C)cc1C. The van der Waals surface area contributed by atoms with Gasteiger partial charge >= 0.3 is 0 Å². The molecule has 2 aromatic rings. The fourth-order valence-electron chi connectivity index (χ4n) is 2.42. The highest BCUT2D eigenvalue weighted by Gasteiger charge is 2.14. The van der Waals surface area contributed by atoms with Crippen LogP contribution in [0.4, 0.5) is 5.69 Å². The molecule has 2 aromatic carbocycles. The Kier molecular flexibility index (Phi) is 5.74. The van der Waals surface area contributed by atoms with E-state index in [0.29, 0.717) is 11.3 Å². The number of hydrogen-bond acceptors (Lipinski definition) is 2. The van der Waals surface area contributed by atoms with E-state index in [-0.39, 0.29) is 24.3 Å². The number of nitrogens with one attached hydrogen (secondary N) is 2. The molecule has 0 saturated carbocycles. The quantitative estimate of drug-likeness (QED) is 0.882. The Morgan fingerprint density at radius 2 is 1.71 bits per heavy atom. The molecule has 0 unspecified atom stereocenters. The molecule has 126 valence electrons. The summed E-state index contributed by atoms with van der Waals surface area (Å²) >= 11 is 0. The second kappa shape index (κ2) is 7.77. The van der Waals surface area contributed by atoms with Crippen LogP contribution in [0.2, 0.25) is 0 Å². The van der Waals surface area contributed by atoms with Crippen LogP contribution in [0.1, 0.15) is 40.9 Å². The smallest absolute Gasteiger partial charge is 0.253 e. The van der Waals surface area contributed by atoms with Gasteiger partial charge < -0.3 is 10.6 Å². The first-order chi connectivity index (χ1) is 11.4. The second-order valence-electron chi connectivity index (χ2n) is 6.32. The third kappa shape index (κ3) is 4.69. The molecule has 4 heteroatoms. The lowest BCUT2D eigenvalue weighted by Crippen LogP contribution is -2.31. The topological polar surface area (TPSA) is 58.2 Å². The van der Waals surface area contributed by atoms with Crippen LogP contribution in [-0.2, 0) is 11.2 Å². The van der Waals surface area contributed by atoms with Crippen molar-refractivity contribution < 1.29 is 9.59 Å². The molecule has 24 heavy (non-hydrogen) atoms. The lowest BCUT2D eigenvalue weighted by atomic mass is 10.0. The van der Waals surface area contributed by atoms with Crippen LogP contribution in [-0.4, -0.2) is 17.9 Å². The van der Waals surface area contributed by atoms with Gasteiger partial charge in [0.2, 0.25) is 5.91 Å². The van der Waals surface area contributed by atoms with Crippen LogP contribution in [0, 0.1) is 13.8 Å². The van der Waals surface area contributed by atoms with Gasteiger partial charge in [-0.3, -0.25) is 9.59 Å². The molecule has 2 N–H and O–H groups in total. The molecule has 0 aliphatic heterocycles. The number of benzene rings is 2. The molecule has 0 aliphatic rings. The van der Waals surface area contributed by atoms with E-state index in [0.717, 1.165) is 11.1 Å². The minimum absolute atomic E-state index is 0.0387. The fraction of sp³-hybridized carbons (Fsp3) is 0.300. The molecule has 0 radical (unpaired) electrons. The van der Waals surface area contributed by atoms with Gasteiger partial charge in [0.05, 0.1) is 17.7 Å². The summed E-state index contributed by atoms with van der Waals surface area (Å²) < 4.78 is 0. The van der Waals surface area contributed by atoms with Crippen LogP contribution < -0.4 is 10.6 Å². The number of amides is 2. The van der Waals surface area contributed by atoms with E-state index >= 15 is 0 Å². The summed E-state index contributed by atoms with van der Waals surface area (Å²) in [6, 6.07) is 13.1. The summed E-state index contributed by atoms with van der Waals surface area (Å²) in [5.41, 5.74) is 4.33. The molecule has 0 atom stereocenters. The van der Waals surface area contributed by atoms with Crippen molar-refractivity contribution in [1.82, 2.24) is 5.32 Å². The van der Waals surface area contributed by atoms with Gasteiger partial charge in [0.15, 0.2) is 0 Å². The van der Waals surface area contributed by atoms with Crippen molar-refractivity contribution >= 4 is 17.5 Å². The third-order valence-corrected chi connectivity index (χ3v) is 3.80. The Hall–Kier alpha value is -2.62. The van der Waals surface area contributed by atoms with Crippen molar-refractivity contribution in [2.24, 2.45) is 0 Å². The van der Waals surface area contributed by atoms with E-state index in [1.807, 2.05) is 45.9 Å². The summed E-state index contributed by atoms with van der Waals surface area (Å²) in [6.07, 6.45) is 0.279. The second-order valence-corrected chi connectivity index (χ2v) is 6.32. The van der Waals surface area contributed by atoms with Gasteiger partial charge in [-0.05, 0) is 56.5 Å². The van der Waals surface area contributed by atoms with E-state index in [4.69, 9.17) is 0 Å². The number of hydrogen-bond donors (Lipinski definition) is 2. The predicted molar refractivity (Wildman–Crippen MR) is 97.3 cm³/mol. The largest absolute Gasteiger partial charge is 0.350 e. The molecule has 0 fully saturated rings. The molecule has 0 saturated heterocycles. The van der Waals surface area contributed by atoms with Crippen molar-refractivity contribution in [1.29, 1.82) is 0 Å². The Morgan fingerprint density at radius 1 is 1.00 bits per heavy atom. The van der Waals surface area contributed by atoms with Gasteiger partial charge in [0.1, 0.15) is 0 Å². The molecule has 0 aromatic heterocycles. The molecule has 0 heterocycles. The van der Waals surface area contributed by atoms with Gasteiger partial charge in [-0.2, -0.15) is 0 Å². The van der Waals surface area contributed by atoms with E-state index in [9.17, 15) is 9.59 Å². The average Bonchev–Trinajstić information content (AvgIpc) is 2.50. The molecule has 4 nitrogen and oxygen atoms in total. The highest BCUT2D eigenvalue weighted by Crippen LogP contribution is 2.16. The molecule has 0 spiro atoms. The number of aryl methyl sites for hydroxylation is 2. The number of para-hydroxylation sites is 1. The average molecular weight is 324 g/mol. The van der Waals surface area contributed by atoms with Crippen molar-refractivity contribution in [3.8, 4) is 0 Å². The zero-order chi connectivity index (χ0) is 17.7.